The minimum absolute atomic E-state index is 0.353. The van der Waals surface area contributed by atoms with Gasteiger partial charge in [0, 0.05) is 31.7 Å². The average molecular weight is 361 g/mol. The largest absolute Gasteiger partial charge is 0.465 e. The van der Waals surface area contributed by atoms with Crippen LogP contribution in [0, 0.1) is 6.92 Å². The normalized spacial score (nSPS) is 11.0. The van der Waals surface area contributed by atoms with Gasteiger partial charge in [-0.2, -0.15) is 0 Å². The van der Waals surface area contributed by atoms with E-state index in [2.05, 4.69) is 38.7 Å². The van der Waals surface area contributed by atoms with E-state index in [1.165, 1.54) is 7.11 Å². The molecule has 5 heteroatoms. The van der Waals surface area contributed by atoms with Gasteiger partial charge in [-0.25, -0.2) is 4.79 Å². The molecule has 3 rings (SSSR count). The number of hydrogen-bond acceptors (Lipinski definition) is 4. The van der Waals surface area contributed by atoms with Crippen molar-refractivity contribution >= 4 is 23.6 Å². The van der Waals surface area contributed by atoms with Crippen LogP contribution in [0.25, 0.3) is 5.69 Å². The highest BCUT2D eigenvalue weighted by molar-refractivity contribution is 5.93. The Morgan fingerprint density at radius 3 is 2.48 bits per heavy atom. The summed E-state index contributed by atoms with van der Waals surface area (Å²) in [6, 6.07) is 17.8. The number of nitrogens with zero attached hydrogens (tertiary/aromatic N) is 3. The molecular weight excluding hydrogens is 338 g/mol. The van der Waals surface area contributed by atoms with Crippen molar-refractivity contribution in [3.63, 3.8) is 0 Å². The molecule has 138 valence electrons. The first-order valence-corrected chi connectivity index (χ1v) is 8.68. The van der Waals surface area contributed by atoms with Crippen LogP contribution in [0.2, 0.25) is 0 Å². The summed E-state index contributed by atoms with van der Waals surface area (Å²) >= 11 is 0. The summed E-state index contributed by atoms with van der Waals surface area (Å²) in [4.78, 5) is 18.5. The van der Waals surface area contributed by atoms with Crippen molar-refractivity contribution in [3.8, 4) is 5.69 Å². The second-order valence-corrected chi connectivity index (χ2v) is 6.41. The molecule has 0 spiro atoms. The van der Waals surface area contributed by atoms with Crippen molar-refractivity contribution in [2.45, 2.75) is 6.92 Å². The van der Waals surface area contributed by atoms with E-state index in [4.69, 9.17) is 4.74 Å². The third kappa shape index (κ3) is 3.92. The number of aliphatic imine (C=N–C) groups is 1. The van der Waals surface area contributed by atoms with Gasteiger partial charge in [-0.1, -0.05) is 6.07 Å². The lowest BCUT2D eigenvalue weighted by atomic mass is 10.1. The van der Waals surface area contributed by atoms with Gasteiger partial charge in [-0.05, 0) is 61.0 Å². The van der Waals surface area contributed by atoms with Gasteiger partial charge in [0.05, 0.1) is 30.3 Å². The van der Waals surface area contributed by atoms with Crippen LogP contribution in [-0.4, -0.2) is 38.0 Å². The first-order valence-electron chi connectivity index (χ1n) is 8.68. The van der Waals surface area contributed by atoms with Crippen molar-refractivity contribution in [2.75, 3.05) is 26.1 Å². The molecule has 0 saturated heterocycles. The van der Waals surface area contributed by atoms with Gasteiger partial charge < -0.3 is 14.2 Å². The number of esters is 1. The van der Waals surface area contributed by atoms with E-state index < -0.39 is 0 Å². The van der Waals surface area contributed by atoms with Crippen molar-refractivity contribution < 1.29 is 9.53 Å². The second-order valence-electron chi connectivity index (χ2n) is 6.41. The van der Waals surface area contributed by atoms with Gasteiger partial charge >= 0.3 is 5.97 Å². The Balaban J connectivity index is 1.90. The zero-order valence-electron chi connectivity index (χ0n) is 16.0. The summed E-state index contributed by atoms with van der Waals surface area (Å²) in [5.41, 5.74) is 5.24. The van der Waals surface area contributed by atoms with E-state index in [9.17, 15) is 4.79 Å². The van der Waals surface area contributed by atoms with Gasteiger partial charge in [0.2, 0.25) is 0 Å². The zero-order valence-corrected chi connectivity index (χ0v) is 16.0. The lowest BCUT2D eigenvalue weighted by molar-refractivity contribution is 0.0600. The molecule has 0 aliphatic carbocycles. The van der Waals surface area contributed by atoms with E-state index in [1.54, 1.807) is 6.07 Å². The van der Waals surface area contributed by atoms with Crippen molar-refractivity contribution in [3.05, 3.63) is 77.6 Å². The summed E-state index contributed by atoms with van der Waals surface area (Å²) < 4.78 is 6.90. The molecule has 1 heterocycles. The third-order valence-electron chi connectivity index (χ3n) is 4.47. The zero-order chi connectivity index (χ0) is 19.4. The molecule has 1 aromatic heterocycles. The Labute approximate surface area is 159 Å². The van der Waals surface area contributed by atoms with E-state index in [0.717, 1.165) is 28.3 Å². The molecule has 0 N–H and O–H groups in total. The highest BCUT2D eigenvalue weighted by Gasteiger charge is 2.11. The minimum Gasteiger partial charge on any atom is -0.465 e. The number of benzene rings is 2. The first kappa shape index (κ1) is 18.5. The molecule has 0 radical (unpaired) electrons. The molecule has 2 aromatic carbocycles. The molecule has 0 atom stereocenters. The predicted octanol–water partition coefficient (Wildman–Crippen LogP) is 4.39. The molecule has 0 unspecified atom stereocenters. The standard InChI is InChI=1S/C22H23N3O2/c1-16-20(22(26)27-4)8-5-9-21(16)23-15-19-7-6-14-25(19)18-12-10-17(11-13-18)24(2)3/h5-15H,1-4H3. The monoisotopic (exact) mass is 361 g/mol. The second kappa shape index (κ2) is 7.91. The van der Waals surface area contributed by atoms with Crippen LogP contribution in [0.15, 0.2) is 65.8 Å². The fourth-order valence-corrected chi connectivity index (χ4v) is 2.88. The quantitative estimate of drug-likeness (QED) is 0.500. The van der Waals surface area contributed by atoms with E-state index in [0.29, 0.717) is 5.56 Å². The number of aromatic nitrogens is 1. The Kier molecular flexibility index (Phi) is 5.41. The van der Waals surface area contributed by atoms with Crippen LogP contribution in [0.3, 0.4) is 0 Å². The number of methoxy groups -OCH3 is 1. The van der Waals surface area contributed by atoms with Crippen LogP contribution >= 0.6 is 0 Å². The SMILES string of the molecule is COC(=O)c1cccc(N=Cc2cccn2-c2ccc(N(C)C)cc2)c1C. The molecule has 0 saturated carbocycles. The number of hydrogen-bond donors (Lipinski definition) is 0. The number of carbonyl (C=O) groups excluding carboxylic acids is 1. The number of rotatable bonds is 5. The lowest BCUT2D eigenvalue weighted by Gasteiger charge is -2.13. The maximum absolute atomic E-state index is 11.9. The van der Waals surface area contributed by atoms with Gasteiger partial charge in [-0.3, -0.25) is 4.99 Å². The number of carbonyl (C=O) groups is 1. The maximum atomic E-state index is 11.9. The smallest absolute Gasteiger partial charge is 0.338 e. The van der Waals surface area contributed by atoms with E-state index in [-0.39, 0.29) is 5.97 Å². The molecule has 0 fully saturated rings. The highest BCUT2D eigenvalue weighted by Crippen LogP contribution is 2.23. The van der Waals surface area contributed by atoms with E-state index >= 15 is 0 Å². The summed E-state index contributed by atoms with van der Waals surface area (Å²) in [7, 11) is 5.42. The van der Waals surface area contributed by atoms with Crippen LogP contribution in [-0.2, 0) is 4.74 Å². The van der Waals surface area contributed by atoms with Crippen LogP contribution in [0.1, 0.15) is 21.6 Å². The number of anilines is 1. The molecule has 27 heavy (non-hydrogen) atoms. The minimum atomic E-state index is -0.353. The first-order chi connectivity index (χ1) is 13.0. The Hall–Kier alpha value is -3.34. The molecule has 0 amide bonds. The Morgan fingerprint density at radius 2 is 1.81 bits per heavy atom. The summed E-state index contributed by atoms with van der Waals surface area (Å²) in [6.45, 7) is 1.87. The topological polar surface area (TPSA) is 46.8 Å². The molecule has 0 aliphatic rings. The van der Waals surface area contributed by atoms with Crippen LogP contribution in [0.5, 0.6) is 0 Å². The molecule has 0 aliphatic heterocycles. The molecular formula is C22H23N3O2. The third-order valence-corrected chi connectivity index (χ3v) is 4.47. The van der Waals surface area contributed by atoms with Crippen molar-refractivity contribution in [1.82, 2.24) is 4.57 Å². The fourth-order valence-electron chi connectivity index (χ4n) is 2.88. The lowest BCUT2D eigenvalue weighted by Crippen LogP contribution is -2.08. The van der Waals surface area contributed by atoms with Gasteiger partial charge in [0.1, 0.15) is 0 Å². The number of ether oxygens (including phenoxy) is 1. The van der Waals surface area contributed by atoms with E-state index in [1.807, 2.05) is 57.7 Å². The fraction of sp³-hybridized carbons (Fsp3) is 0.182. The van der Waals surface area contributed by atoms with Crippen molar-refractivity contribution in [1.29, 1.82) is 0 Å². The van der Waals surface area contributed by atoms with Crippen LogP contribution < -0.4 is 4.90 Å². The van der Waals surface area contributed by atoms with Gasteiger partial charge in [0.15, 0.2) is 0 Å². The molecule has 0 bridgehead atoms. The summed E-state index contributed by atoms with van der Waals surface area (Å²) in [6.07, 6.45) is 3.81. The maximum Gasteiger partial charge on any atom is 0.338 e. The summed E-state index contributed by atoms with van der Waals surface area (Å²) in [5.74, 6) is -0.353. The average Bonchev–Trinajstić information content (AvgIpc) is 3.15. The predicted molar refractivity (Wildman–Crippen MR) is 110 cm³/mol. The van der Waals surface area contributed by atoms with Crippen molar-refractivity contribution in [2.24, 2.45) is 4.99 Å². The van der Waals surface area contributed by atoms with Crippen LogP contribution in [0.4, 0.5) is 11.4 Å². The molecule has 5 nitrogen and oxygen atoms in total. The van der Waals surface area contributed by atoms with Gasteiger partial charge in [-0.15, -0.1) is 0 Å². The Bertz CT molecular complexity index is 969. The Morgan fingerprint density at radius 1 is 1.07 bits per heavy atom. The van der Waals surface area contributed by atoms with Gasteiger partial charge in [0.25, 0.3) is 0 Å². The molecule has 3 aromatic rings. The summed E-state index contributed by atoms with van der Waals surface area (Å²) in [5, 5.41) is 0. The highest BCUT2D eigenvalue weighted by atomic mass is 16.5.